The first-order valence-corrected chi connectivity index (χ1v) is 7.20. The Bertz CT molecular complexity index is 622. The van der Waals surface area contributed by atoms with E-state index in [1.807, 2.05) is 0 Å². The Hall–Kier alpha value is -1.95. The van der Waals surface area contributed by atoms with Gasteiger partial charge in [-0.3, -0.25) is 19.7 Å². The number of rotatable bonds is 2. The average Bonchev–Trinajstić information content (AvgIpc) is 2.72. The largest absolute Gasteiger partial charge is 0.289 e. The molecule has 0 spiro atoms. The Kier molecular flexibility index (Phi) is 3.41. The van der Waals surface area contributed by atoms with E-state index in [4.69, 9.17) is 11.6 Å². The monoisotopic (exact) mass is 308 g/mol. The number of hydrogen-bond donors (Lipinski definition) is 0. The smallest absolute Gasteiger partial charge is 0.274 e. The van der Waals surface area contributed by atoms with E-state index in [1.54, 1.807) is 0 Å². The summed E-state index contributed by atoms with van der Waals surface area (Å²) in [7, 11) is 0. The van der Waals surface area contributed by atoms with Gasteiger partial charge in [-0.25, -0.2) is 4.90 Å². The molecular formula is C14H13ClN2O4. The van der Waals surface area contributed by atoms with E-state index in [-0.39, 0.29) is 40.0 Å². The van der Waals surface area contributed by atoms with E-state index in [2.05, 4.69) is 0 Å². The summed E-state index contributed by atoms with van der Waals surface area (Å²) < 4.78 is 0. The Labute approximate surface area is 125 Å². The van der Waals surface area contributed by atoms with Crippen LogP contribution in [0.5, 0.6) is 0 Å². The summed E-state index contributed by atoms with van der Waals surface area (Å²) in [5.41, 5.74) is -0.0693. The van der Waals surface area contributed by atoms with Crippen LogP contribution < -0.4 is 4.90 Å². The molecule has 6 nitrogen and oxygen atoms in total. The van der Waals surface area contributed by atoms with Crippen LogP contribution in [-0.2, 0) is 9.59 Å². The Morgan fingerprint density at radius 2 is 1.71 bits per heavy atom. The molecule has 1 heterocycles. The lowest BCUT2D eigenvalue weighted by molar-refractivity contribution is -0.384. The maximum atomic E-state index is 12.4. The third-order valence-electron chi connectivity index (χ3n) is 4.23. The second-order valence-electron chi connectivity index (χ2n) is 5.40. The minimum atomic E-state index is -0.621. The Morgan fingerprint density at radius 1 is 1.14 bits per heavy atom. The summed E-state index contributed by atoms with van der Waals surface area (Å²) in [5, 5.41) is 10.9. The zero-order chi connectivity index (χ0) is 15.1. The first-order chi connectivity index (χ1) is 10.0. The molecule has 2 fully saturated rings. The van der Waals surface area contributed by atoms with E-state index in [9.17, 15) is 19.7 Å². The predicted octanol–water partition coefficient (Wildman–Crippen LogP) is 2.93. The normalized spacial score (nSPS) is 25.1. The van der Waals surface area contributed by atoms with Gasteiger partial charge in [0.15, 0.2) is 0 Å². The van der Waals surface area contributed by atoms with Gasteiger partial charge in [-0.05, 0) is 25.0 Å². The van der Waals surface area contributed by atoms with Gasteiger partial charge >= 0.3 is 0 Å². The number of hydrogen-bond acceptors (Lipinski definition) is 4. The summed E-state index contributed by atoms with van der Waals surface area (Å²) in [4.78, 5) is 36.2. The van der Waals surface area contributed by atoms with Crippen molar-refractivity contribution in [3.63, 3.8) is 0 Å². The van der Waals surface area contributed by atoms with Crippen LogP contribution >= 0.6 is 11.6 Å². The fourth-order valence-corrected chi connectivity index (χ4v) is 3.38. The van der Waals surface area contributed by atoms with Gasteiger partial charge in [0.25, 0.3) is 5.69 Å². The number of carbonyl (C=O) groups is 2. The van der Waals surface area contributed by atoms with Gasteiger partial charge in [0, 0.05) is 6.07 Å². The lowest BCUT2D eigenvalue weighted by Crippen LogP contribution is -2.30. The first-order valence-electron chi connectivity index (χ1n) is 6.82. The molecule has 0 aromatic heterocycles. The molecule has 1 aromatic carbocycles. The van der Waals surface area contributed by atoms with Gasteiger partial charge in [-0.1, -0.05) is 24.4 Å². The summed E-state index contributed by atoms with van der Waals surface area (Å²) in [6, 6.07) is 4.01. The van der Waals surface area contributed by atoms with Crippen molar-refractivity contribution in [2.24, 2.45) is 11.8 Å². The molecule has 0 bridgehead atoms. The lowest BCUT2D eigenvalue weighted by Gasteiger charge is -2.19. The molecule has 7 heteroatoms. The molecule has 1 saturated carbocycles. The summed E-state index contributed by atoms with van der Waals surface area (Å²) in [5.74, 6) is -1.05. The van der Waals surface area contributed by atoms with Crippen molar-refractivity contribution in [3.05, 3.63) is 33.3 Å². The van der Waals surface area contributed by atoms with Crippen molar-refractivity contribution >= 4 is 34.8 Å². The number of halogens is 1. The second kappa shape index (κ2) is 5.11. The van der Waals surface area contributed by atoms with Crippen molar-refractivity contribution in [2.45, 2.75) is 25.7 Å². The third-order valence-corrected chi connectivity index (χ3v) is 4.55. The Morgan fingerprint density at radius 3 is 2.24 bits per heavy atom. The molecule has 2 aliphatic rings. The number of carbonyl (C=O) groups excluding carboxylic acids is 2. The molecule has 1 aliphatic heterocycles. The van der Waals surface area contributed by atoms with Crippen molar-refractivity contribution in [3.8, 4) is 0 Å². The van der Waals surface area contributed by atoms with Gasteiger partial charge in [-0.15, -0.1) is 0 Å². The van der Waals surface area contributed by atoms with Crippen molar-refractivity contribution in [2.75, 3.05) is 4.90 Å². The molecule has 0 N–H and O–H groups in total. The van der Waals surface area contributed by atoms with E-state index < -0.39 is 4.92 Å². The van der Waals surface area contributed by atoms with Crippen LogP contribution in [0.3, 0.4) is 0 Å². The van der Waals surface area contributed by atoms with Crippen LogP contribution in [-0.4, -0.2) is 16.7 Å². The zero-order valence-corrected chi connectivity index (χ0v) is 11.9. The van der Waals surface area contributed by atoms with Gasteiger partial charge in [-0.2, -0.15) is 0 Å². The molecule has 0 radical (unpaired) electrons. The van der Waals surface area contributed by atoms with Crippen LogP contribution in [0.4, 0.5) is 11.4 Å². The molecule has 110 valence electrons. The number of imide groups is 1. The highest BCUT2D eigenvalue weighted by molar-refractivity contribution is 6.33. The number of anilines is 1. The van der Waals surface area contributed by atoms with E-state index >= 15 is 0 Å². The molecule has 2 atom stereocenters. The van der Waals surface area contributed by atoms with Crippen molar-refractivity contribution < 1.29 is 14.5 Å². The number of fused-ring (bicyclic) bond motifs is 1. The SMILES string of the molecule is O=C1[C@@H]2CCCC[C@H]2C(=O)N1c1ccc(Cl)c([N+](=O)[O-])c1. The number of nitro groups is 1. The van der Waals surface area contributed by atoms with Crippen LogP contribution in [0.25, 0.3) is 0 Å². The molecule has 3 rings (SSSR count). The summed E-state index contributed by atoms with van der Waals surface area (Å²) in [6.45, 7) is 0. The van der Waals surface area contributed by atoms with E-state index in [0.717, 1.165) is 17.7 Å². The highest BCUT2D eigenvalue weighted by Gasteiger charge is 2.48. The minimum absolute atomic E-state index is 0.0136. The predicted molar refractivity (Wildman–Crippen MR) is 76.0 cm³/mol. The number of nitro benzene ring substituents is 1. The van der Waals surface area contributed by atoms with E-state index in [0.29, 0.717) is 12.8 Å². The average molecular weight is 309 g/mol. The third kappa shape index (κ3) is 2.19. The summed E-state index contributed by atoms with van der Waals surface area (Å²) in [6.07, 6.45) is 3.30. The molecule has 1 aromatic rings. The Balaban J connectivity index is 2.00. The molecule has 1 saturated heterocycles. The van der Waals surface area contributed by atoms with Crippen molar-refractivity contribution in [1.29, 1.82) is 0 Å². The van der Waals surface area contributed by atoms with Gasteiger partial charge < -0.3 is 0 Å². The van der Waals surface area contributed by atoms with Gasteiger partial charge in [0.2, 0.25) is 11.8 Å². The fraction of sp³-hybridized carbons (Fsp3) is 0.429. The fourth-order valence-electron chi connectivity index (χ4n) is 3.20. The molecule has 2 amide bonds. The highest BCUT2D eigenvalue weighted by Crippen LogP contribution is 2.41. The maximum Gasteiger partial charge on any atom is 0.289 e. The van der Waals surface area contributed by atoms with E-state index in [1.165, 1.54) is 18.2 Å². The van der Waals surface area contributed by atoms with Crippen LogP contribution in [0.15, 0.2) is 18.2 Å². The minimum Gasteiger partial charge on any atom is -0.274 e. The lowest BCUT2D eigenvalue weighted by atomic mass is 9.81. The standard InChI is InChI=1S/C14H13ClN2O4/c15-11-6-5-8(7-12(11)17(20)21)16-13(18)9-3-1-2-4-10(9)14(16)19/h5-7,9-10H,1-4H2/t9-,10-/m1/s1. The number of nitrogens with zero attached hydrogens (tertiary/aromatic N) is 2. The number of benzene rings is 1. The first kappa shape index (κ1) is 14.0. The molecule has 0 unspecified atom stereocenters. The maximum absolute atomic E-state index is 12.4. The zero-order valence-electron chi connectivity index (χ0n) is 11.1. The van der Waals surface area contributed by atoms with Gasteiger partial charge in [0.1, 0.15) is 5.02 Å². The highest BCUT2D eigenvalue weighted by atomic mass is 35.5. The summed E-state index contributed by atoms with van der Waals surface area (Å²) >= 11 is 5.76. The van der Waals surface area contributed by atoms with Crippen molar-refractivity contribution in [1.82, 2.24) is 0 Å². The molecule has 1 aliphatic carbocycles. The van der Waals surface area contributed by atoms with Gasteiger partial charge in [0.05, 0.1) is 22.4 Å². The number of amides is 2. The van der Waals surface area contributed by atoms with Crippen LogP contribution in [0.1, 0.15) is 25.7 Å². The van der Waals surface area contributed by atoms with Crippen LogP contribution in [0, 0.1) is 22.0 Å². The topological polar surface area (TPSA) is 80.5 Å². The second-order valence-corrected chi connectivity index (χ2v) is 5.81. The van der Waals surface area contributed by atoms with Crippen LogP contribution in [0.2, 0.25) is 5.02 Å². The quantitative estimate of drug-likeness (QED) is 0.478. The molecule has 21 heavy (non-hydrogen) atoms. The molecular weight excluding hydrogens is 296 g/mol.